The first-order valence-electron chi connectivity index (χ1n) is 8.50. The number of aromatic nitrogens is 3. The Morgan fingerprint density at radius 3 is 2.56 bits per heavy atom. The van der Waals surface area contributed by atoms with Gasteiger partial charge in [0.15, 0.2) is 0 Å². The summed E-state index contributed by atoms with van der Waals surface area (Å²) >= 11 is 1.27. The molecule has 0 aliphatic carbocycles. The molecule has 1 heterocycles. The number of ether oxygens (including phenoxy) is 2. The third-order valence-corrected chi connectivity index (χ3v) is 4.88. The average Bonchev–Trinajstić information content (AvgIpc) is 3.02. The Balaban J connectivity index is 1.72. The van der Waals surface area contributed by atoms with E-state index >= 15 is 0 Å². The van der Waals surface area contributed by atoms with Crippen LogP contribution in [0, 0.1) is 13.8 Å². The smallest absolute Gasteiger partial charge is 0.324 e. The lowest BCUT2D eigenvalue weighted by molar-refractivity contribution is -0.133. The number of carbonyl (C=O) groups is 1. The number of esters is 1. The van der Waals surface area contributed by atoms with Crippen molar-refractivity contribution in [1.82, 2.24) is 14.8 Å². The minimum absolute atomic E-state index is 0.333. The molecule has 6 nitrogen and oxygen atoms in total. The molecule has 0 spiro atoms. The summed E-state index contributed by atoms with van der Waals surface area (Å²) in [4.78, 5) is 16.7. The van der Waals surface area contributed by atoms with Gasteiger partial charge in [-0.05, 0) is 56.7 Å². The Labute approximate surface area is 162 Å². The van der Waals surface area contributed by atoms with Gasteiger partial charge in [-0.3, -0.25) is 4.79 Å². The van der Waals surface area contributed by atoms with Gasteiger partial charge in [0.25, 0.3) is 0 Å². The second-order valence-electron chi connectivity index (χ2n) is 6.00. The van der Waals surface area contributed by atoms with Crippen LogP contribution in [0.1, 0.15) is 18.3 Å². The van der Waals surface area contributed by atoms with Crippen molar-refractivity contribution in [2.75, 3.05) is 7.11 Å². The van der Waals surface area contributed by atoms with Crippen molar-refractivity contribution in [3.05, 3.63) is 59.9 Å². The van der Waals surface area contributed by atoms with E-state index in [0.717, 1.165) is 22.8 Å². The molecule has 0 fully saturated rings. The zero-order chi connectivity index (χ0) is 19.4. The lowest BCUT2D eigenvalue weighted by Crippen LogP contribution is -2.20. The van der Waals surface area contributed by atoms with E-state index in [1.165, 1.54) is 11.8 Å². The molecule has 3 aromatic rings. The molecule has 1 atom stereocenters. The number of para-hydroxylation sites is 1. The van der Waals surface area contributed by atoms with Crippen molar-refractivity contribution in [3.8, 4) is 17.2 Å². The van der Waals surface area contributed by atoms with E-state index in [4.69, 9.17) is 9.47 Å². The summed E-state index contributed by atoms with van der Waals surface area (Å²) in [5.41, 5.74) is 1.91. The van der Waals surface area contributed by atoms with E-state index in [0.29, 0.717) is 10.9 Å². The summed E-state index contributed by atoms with van der Waals surface area (Å²) in [6, 6.07) is 14.8. The average molecular weight is 383 g/mol. The second-order valence-corrected chi connectivity index (χ2v) is 7.31. The number of hydrogen-bond acceptors (Lipinski definition) is 6. The minimum Gasteiger partial charge on any atom is -0.496 e. The zero-order valence-corrected chi connectivity index (χ0v) is 16.5. The van der Waals surface area contributed by atoms with Gasteiger partial charge in [0.05, 0.1) is 12.8 Å². The highest BCUT2D eigenvalue weighted by Crippen LogP contribution is 2.25. The van der Waals surface area contributed by atoms with Crippen molar-refractivity contribution >= 4 is 17.7 Å². The third-order valence-electron chi connectivity index (χ3n) is 3.95. The molecule has 1 unspecified atom stereocenters. The number of aryl methyl sites for hydroxylation is 2. The first-order chi connectivity index (χ1) is 13.0. The van der Waals surface area contributed by atoms with Gasteiger partial charge in [-0.2, -0.15) is 0 Å². The van der Waals surface area contributed by atoms with Crippen LogP contribution in [0.2, 0.25) is 0 Å². The Kier molecular flexibility index (Phi) is 5.81. The summed E-state index contributed by atoms with van der Waals surface area (Å²) in [6.45, 7) is 5.64. The molecule has 3 rings (SSSR count). The van der Waals surface area contributed by atoms with E-state index in [-0.39, 0.29) is 5.97 Å². The van der Waals surface area contributed by atoms with Crippen molar-refractivity contribution in [2.45, 2.75) is 31.2 Å². The van der Waals surface area contributed by atoms with Gasteiger partial charge in [-0.25, -0.2) is 9.67 Å². The van der Waals surface area contributed by atoms with Crippen LogP contribution in [0.3, 0.4) is 0 Å². The van der Waals surface area contributed by atoms with Gasteiger partial charge in [-0.15, -0.1) is 5.10 Å². The summed E-state index contributed by atoms with van der Waals surface area (Å²) in [6.07, 6.45) is 0. The van der Waals surface area contributed by atoms with E-state index in [9.17, 15) is 4.79 Å². The maximum Gasteiger partial charge on any atom is 0.324 e. The van der Waals surface area contributed by atoms with E-state index in [1.807, 2.05) is 50.2 Å². The molecule has 0 bridgehead atoms. The molecule has 0 aliphatic heterocycles. The molecule has 0 saturated heterocycles. The first kappa shape index (κ1) is 19.0. The van der Waals surface area contributed by atoms with Gasteiger partial charge in [0.1, 0.15) is 22.6 Å². The third kappa shape index (κ3) is 4.49. The predicted molar refractivity (Wildman–Crippen MR) is 105 cm³/mol. The number of benzene rings is 2. The summed E-state index contributed by atoms with van der Waals surface area (Å²) in [5, 5.41) is 4.62. The monoisotopic (exact) mass is 383 g/mol. The lowest BCUT2D eigenvalue weighted by atomic mass is 10.2. The topological polar surface area (TPSA) is 66.2 Å². The molecule has 0 saturated carbocycles. The van der Waals surface area contributed by atoms with Crippen LogP contribution < -0.4 is 9.47 Å². The fourth-order valence-corrected chi connectivity index (χ4v) is 3.32. The van der Waals surface area contributed by atoms with Crippen molar-refractivity contribution in [2.24, 2.45) is 0 Å². The molecule has 2 aromatic carbocycles. The highest BCUT2D eigenvalue weighted by atomic mass is 32.2. The number of thioether (sulfide) groups is 1. The lowest BCUT2D eigenvalue weighted by Gasteiger charge is -2.09. The SMILES string of the molecule is COc1ccc(-n2nc(SC(C)C(=O)Oc3ccccc3)nc2C)cc1C. The molecule has 27 heavy (non-hydrogen) atoms. The molecular formula is C20H21N3O3S. The van der Waals surface area contributed by atoms with Crippen LogP contribution in [0.25, 0.3) is 5.69 Å². The summed E-state index contributed by atoms with van der Waals surface area (Å²) < 4.78 is 12.4. The van der Waals surface area contributed by atoms with Crippen molar-refractivity contribution in [1.29, 1.82) is 0 Å². The van der Waals surface area contributed by atoms with Gasteiger partial charge < -0.3 is 9.47 Å². The largest absolute Gasteiger partial charge is 0.496 e. The summed E-state index contributed by atoms with van der Waals surface area (Å²) in [7, 11) is 1.65. The van der Waals surface area contributed by atoms with Crippen LogP contribution in [0.4, 0.5) is 0 Å². The fraction of sp³-hybridized carbons (Fsp3) is 0.250. The molecule has 0 amide bonds. The van der Waals surface area contributed by atoms with E-state index < -0.39 is 5.25 Å². The Bertz CT molecular complexity index is 941. The Morgan fingerprint density at radius 2 is 1.89 bits per heavy atom. The molecule has 0 aliphatic rings. The molecule has 140 valence electrons. The number of methoxy groups -OCH3 is 1. The van der Waals surface area contributed by atoms with Gasteiger partial charge in [-0.1, -0.05) is 30.0 Å². The highest BCUT2D eigenvalue weighted by Gasteiger charge is 2.20. The quantitative estimate of drug-likeness (QED) is 0.364. The van der Waals surface area contributed by atoms with Crippen LogP contribution >= 0.6 is 11.8 Å². The van der Waals surface area contributed by atoms with Gasteiger partial charge in [0, 0.05) is 0 Å². The number of rotatable bonds is 6. The Morgan fingerprint density at radius 1 is 1.15 bits per heavy atom. The van der Waals surface area contributed by atoms with Crippen LogP contribution in [0.5, 0.6) is 11.5 Å². The van der Waals surface area contributed by atoms with Gasteiger partial charge in [0.2, 0.25) is 5.16 Å². The molecule has 0 N–H and O–H groups in total. The standard InChI is InChI=1S/C20H21N3O3S/c1-13-12-16(10-11-18(13)25-4)23-15(3)21-20(22-23)27-14(2)19(24)26-17-8-6-5-7-9-17/h5-12,14H,1-4H3. The summed E-state index contributed by atoms with van der Waals surface area (Å²) in [5.74, 6) is 1.76. The number of nitrogens with zero attached hydrogens (tertiary/aromatic N) is 3. The highest BCUT2D eigenvalue weighted by molar-refractivity contribution is 8.00. The molecular weight excluding hydrogens is 362 g/mol. The normalized spacial score (nSPS) is 11.9. The number of carbonyl (C=O) groups excluding carboxylic acids is 1. The van der Waals surface area contributed by atoms with Crippen LogP contribution in [-0.4, -0.2) is 33.1 Å². The zero-order valence-electron chi connectivity index (χ0n) is 15.7. The van der Waals surface area contributed by atoms with E-state index in [1.54, 1.807) is 30.8 Å². The molecule has 7 heteroatoms. The van der Waals surface area contributed by atoms with Gasteiger partial charge >= 0.3 is 5.97 Å². The second kappa shape index (κ2) is 8.26. The van der Waals surface area contributed by atoms with Crippen molar-refractivity contribution < 1.29 is 14.3 Å². The fourth-order valence-electron chi connectivity index (χ4n) is 2.55. The maximum atomic E-state index is 12.3. The van der Waals surface area contributed by atoms with Crippen LogP contribution in [0.15, 0.2) is 53.7 Å². The molecule has 0 radical (unpaired) electrons. The minimum atomic E-state index is -0.432. The predicted octanol–water partition coefficient (Wildman–Crippen LogP) is 3.98. The van der Waals surface area contributed by atoms with Crippen molar-refractivity contribution in [3.63, 3.8) is 0 Å². The van der Waals surface area contributed by atoms with Crippen LogP contribution in [-0.2, 0) is 4.79 Å². The number of hydrogen-bond donors (Lipinski definition) is 0. The first-order valence-corrected chi connectivity index (χ1v) is 9.38. The molecule has 1 aromatic heterocycles. The maximum absolute atomic E-state index is 12.3. The van der Waals surface area contributed by atoms with E-state index in [2.05, 4.69) is 10.1 Å². The Hall–Kier alpha value is -2.80.